The maximum atomic E-state index is 12.8. The number of halogens is 2. The first-order valence-corrected chi connectivity index (χ1v) is 12.5. The number of benzene rings is 2. The van der Waals surface area contributed by atoms with E-state index in [1.807, 2.05) is 12.1 Å². The van der Waals surface area contributed by atoms with Crippen LogP contribution in [0.3, 0.4) is 0 Å². The average molecular weight is 580 g/mol. The highest BCUT2D eigenvalue weighted by atomic mass is 79.9. The monoisotopic (exact) mass is 578 g/mol. The van der Waals surface area contributed by atoms with E-state index in [0.717, 1.165) is 21.6 Å². The smallest absolute Gasteiger partial charge is 0.294 e. The minimum Gasteiger partial charge on any atom is -0.497 e. The number of carbonyl (C=O) groups excluding carboxylic acids is 3. The predicted octanol–water partition coefficient (Wildman–Crippen LogP) is 6.53. The van der Waals surface area contributed by atoms with Gasteiger partial charge in [-0.3, -0.25) is 19.3 Å². The molecule has 174 valence electrons. The number of carbonyl (C=O) groups is 3. The second-order valence-electron chi connectivity index (χ2n) is 6.88. The molecular weight excluding hydrogens is 564 g/mol. The van der Waals surface area contributed by atoms with Gasteiger partial charge in [-0.15, -0.1) is 0 Å². The molecule has 2 aromatic carbocycles. The van der Waals surface area contributed by atoms with E-state index < -0.39 is 23.6 Å². The third-order valence-electron chi connectivity index (χ3n) is 4.52. The van der Waals surface area contributed by atoms with Crippen LogP contribution < -0.4 is 10.1 Å². The van der Waals surface area contributed by atoms with Crippen molar-refractivity contribution in [1.82, 2.24) is 4.90 Å². The molecule has 0 aliphatic carbocycles. The van der Waals surface area contributed by atoms with Crippen molar-refractivity contribution in [2.45, 2.75) is 9.99 Å². The Morgan fingerprint density at radius 3 is 2.59 bits per heavy atom. The molecular formula is C23H16BrClN2O5S2. The highest BCUT2D eigenvalue weighted by Crippen LogP contribution is 2.38. The van der Waals surface area contributed by atoms with E-state index in [1.54, 1.807) is 49.6 Å². The minimum atomic E-state index is -0.556. The van der Waals surface area contributed by atoms with E-state index in [4.69, 9.17) is 20.8 Å². The number of nitrogens with one attached hydrogen (secondary N) is 1. The van der Waals surface area contributed by atoms with Crippen LogP contribution in [0.15, 0.2) is 78.4 Å². The lowest BCUT2D eigenvalue weighted by Crippen LogP contribution is -2.36. The first-order valence-electron chi connectivity index (χ1n) is 9.74. The standard InChI is InChI=1S/C23H16BrClN2O5S2/c1-31-15-6-4-14(5-7-15)26-20(28)12-27-21(29)19(34-23(27)30)11-16-10-18(24)22(32-16)33-17-8-2-13(25)3-9-17/h2-11H,12H2,1H3,(H,26,28)/b19-11+. The molecule has 4 rings (SSSR count). The summed E-state index contributed by atoms with van der Waals surface area (Å²) in [7, 11) is 1.54. The molecule has 3 amide bonds. The number of amides is 3. The zero-order valence-electron chi connectivity index (χ0n) is 17.5. The fourth-order valence-electron chi connectivity index (χ4n) is 2.90. The number of imide groups is 1. The topological polar surface area (TPSA) is 88.8 Å². The van der Waals surface area contributed by atoms with Gasteiger partial charge in [0.05, 0.1) is 16.5 Å². The molecule has 1 aliphatic heterocycles. The van der Waals surface area contributed by atoms with Crippen LogP contribution in [0.2, 0.25) is 5.02 Å². The maximum Gasteiger partial charge on any atom is 0.294 e. The highest BCUT2D eigenvalue weighted by molar-refractivity contribution is 9.10. The Bertz CT molecular complexity index is 1280. The number of anilines is 1. The number of nitrogens with zero attached hydrogens (tertiary/aromatic N) is 1. The Kier molecular flexibility index (Phi) is 7.72. The van der Waals surface area contributed by atoms with E-state index >= 15 is 0 Å². The van der Waals surface area contributed by atoms with E-state index in [0.29, 0.717) is 31.8 Å². The summed E-state index contributed by atoms with van der Waals surface area (Å²) >= 11 is 11.5. The average Bonchev–Trinajstić information content (AvgIpc) is 3.29. The van der Waals surface area contributed by atoms with Crippen molar-refractivity contribution >= 4 is 79.9 Å². The van der Waals surface area contributed by atoms with E-state index in [9.17, 15) is 14.4 Å². The van der Waals surface area contributed by atoms with Crippen molar-refractivity contribution in [3.8, 4) is 5.75 Å². The molecule has 0 bridgehead atoms. The molecule has 1 fully saturated rings. The molecule has 0 spiro atoms. The summed E-state index contributed by atoms with van der Waals surface area (Å²) in [5.74, 6) is 0.000281. The van der Waals surface area contributed by atoms with Crippen molar-refractivity contribution in [2.75, 3.05) is 19.0 Å². The summed E-state index contributed by atoms with van der Waals surface area (Å²) in [5.41, 5.74) is 0.527. The van der Waals surface area contributed by atoms with Crippen LogP contribution in [0.4, 0.5) is 10.5 Å². The Hall–Kier alpha value is -2.66. The highest BCUT2D eigenvalue weighted by Gasteiger charge is 2.36. The zero-order chi connectivity index (χ0) is 24.2. The van der Waals surface area contributed by atoms with Crippen LogP contribution in [0.1, 0.15) is 5.76 Å². The molecule has 7 nitrogen and oxygen atoms in total. The summed E-state index contributed by atoms with van der Waals surface area (Å²) in [6, 6.07) is 15.7. The third kappa shape index (κ3) is 5.87. The number of hydrogen-bond acceptors (Lipinski definition) is 7. The summed E-state index contributed by atoms with van der Waals surface area (Å²) in [5, 5.41) is 3.36. The van der Waals surface area contributed by atoms with Gasteiger partial charge in [-0.2, -0.15) is 0 Å². The Balaban J connectivity index is 1.42. The molecule has 0 saturated carbocycles. The van der Waals surface area contributed by atoms with Crippen LogP contribution in [-0.4, -0.2) is 35.6 Å². The lowest BCUT2D eigenvalue weighted by Gasteiger charge is -2.12. The largest absolute Gasteiger partial charge is 0.497 e. The van der Waals surface area contributed by atoms with Gasteiger partial charge in [0.25, 0.3) is 11.1 Å². The number of hydrogen-bond donors (Lipinski definition) is 1. The summed E-state index contributed by atoms with van der Waals surface area (Å²) in [4.78, 5) is 39.5. The molecule has 11 heteroatoms. The normalized spacial score (nSPS) is 14.7. The molecule has 0 unspecified atom stereocenters. The van der Waals surface area contributed by atoms with Gasteiger partial charge < -0.3 is 14.5 Å². The second kappa shape index (κ2) is 10.7. The molecule has 0 atom stereocenters. The predicted molar refractivity (Wildman–Crippen MR) is 136 cm³/mol. The van der Waals surface area contributed by atoms with Crippen molar-refractivity contribution in [3.05, 3.63) is 74.8 Å². The van der Waals surface area contributed by atoms with Crippen LogP contribution in [0, 0.1) is 0 Å². The van der Waals surface area contributed by atoms with E-state index in [2.05, 4.69) is 21.2 Å². The first-order chi connectivity index (χ1) is 16.3. The fraction of sp³-hybridized carbons (Fsp3) is 0.0870. The van der Waals surface area contributed by atoms with Crippen LogP contribution in [0.25, 0.3) is 6.08 Å². The van der Waals surface area contributed by atoms with Gasteiger partial charge >= 0.3 is 0 Å². The van der Waals surface area contributed by atoms with Gasteiger partial charge in [-0.1, -0.05) is 23.4 Å². The van der Waals surface area contributed by atoms with Crippen molar-refractivity contribution in [3.63, 3.8) is 0 Å². The van der Waals surface area contributed by atoms with Gasteiger partial charge in [0.2, 0.25) is 5.91 Å². The quantitative estimate of drug-likeness (QED) is 0.318. The summed E-state index contributed by atoms with van der Waals surface area (Å²) in [6.45, 7) is -0.395. The molecule has 3 aromatic rings. The number of thioether (sulfide) groups is 1. The van der Waals surface area contributed by atoms with Gasteiger partial charge in [0, 0.05) is 21.7 Å². The molecule has 1 N–H and O–H groups in total. The molecule has 2 heterocycles. The van der Waals surface area contributed by atoms with Gasteiger partial charge in [-0.05, 0) is 82.3 Å². The molecule has 1 saturated heterocycles. The van der Waals surface area contributed by atoms with Gasteiger partial charge in [-0.25, -0.2) is 0 Å². The molecule has 34 heavy (non-hydrogen) atoms. The van der Waals surface area contributed by atoms with Crippen molar-refractivity contribution in [2.24, 2.45) is 0 Å². The first kappa shape index (κ1) is 24.5. The number of furan rings is 1. The Morgan fingerprint density at radius 2 is 1.91 bits per heavy atom. The second-order valence-corrected chi connectivity index (χ2v) is 10.2. The SMILES string of the molecule is COc1ccc(NC(=O)CN2C(=O)S/C(=C/c3cc(Br)c(Sc4ccc(Cl)cc4)o3)C2=O)cc1. The molecule has 1 aliphatic rings. The molecule has 0 radical (unpaired) electrons. The number of ether oxygens (including phenoxy) is 1. The minimum absolute atomic E-state index is 0.173. The van der Waals surface area contributed by atoms with E-state index in [-0.39, 0.29) is 4.91 Å². The van der Waals surface area contributed by atoms with Crippen LogP contribution in [0.5, 0.6) is 5.75 Å². The van der Waals surface area contributed by atoms with Crippen molar-refractivity contribution in [1.29, 1.82) is 0 Å². The molecule has 1 aromatic heterocycles. The Morgan fingerprint density at radius 1 is 1.21 bits per heavy atom. The summed E-state index contributed by atoms with van der Waals surface area (Å²) < 4.78 is 11.6. The third-order valence-corrected chi connectivity index (χ3v) is 7.53. The number of rotatable bonds is 7. The fourth-order valence-corrected chi connectivity index (χ4v) is 5.18. The van der Waals surface area contributed by atoms with Gasteiger partial charge in [0.15, 0.2) is 5.09 Å². The lowest BCUT2D eigenvalue weighted by molar-refractivity contribution is -0.127. The number of methoxy groups -OCH3 is 1. The van der Waals surface area contributed by atoms with Crippen LogP contribution in [-0.2, 0) is 9.59 Å². The van der Waals surface area contributed by atoms with E-state index in [1.165, 1.54) is 17.8 Å². The maximum absolute atomic E-state index is 12.8. The Labute approximate surface area is 217 Å². The lowest BCUT2D eigenvalue weighted by atomic mass is 10.3. The summed E-state index contributed by atoms with van der Waals surface area (Å²) in [6.07, 6.45) is 1.49. The van der Waals surface area contributed by atoms with Crippen molar-refractivity contribution < 1.29 is 23.5 Å². The van der Waals surface area contributed by atoms with Crippen LogP contribution >= 0.6 is 51.1 Å². The zero-order valence-corrected chi connectivity index (χ0v) is 21.5. The van der Waals surface area contributed by atoms with Gasteiger partial charge in [0.1, 0.15) is 18.1 Å².